The van der Waals surface area contributed by atoms with Crippen molar-refractivity contribution in [1.82, 2.24) is 15.1 Å². The molecule has 21 heavy (non-hydrogen) atoms. The number of carbonyl (C=O) groups excluding carboxylic acids is 1. The van der Waals surface area contributed by atoms with Crippen LogP contribution in [-0.2, 0) is 9.53 Å². The number of carboxylic acids is 1. The first-order valence-corrected chi connectivity index (χ1v) is 7.42. The second kappa shape index (κ2) is 8.84. The molecule has 7 heteroatoms. The Morgan fingerprint density at radius 2 is 1.95 bits per heavy atom. The number of methoxy groups -OCH3 is 1. The molecule has 1 saturated heterocycles. The van der Waals surface area contributed by atoms with E-state index in [2.05, 4.69) is 5.32 Å². The van der Waals surface area contributed by atoms with Crippen LogP contribution in [-0.4, -0.2) is 79.4 Å². The fraction of sp³-hybridized carbons (Fsp3) is 0.857. The Balaban J connectivity index is 2.49. The Morgan fingerprint density at radius 3 is 2.52 bits per heavy atom. The van der Waals surface area contributed by atoms with Crippen LogP contribution in [0.25, 0.3) is 0 Å². The maximum Gasteiger partial charge on any atom is 0.317 e. The van der Waals surface area contributed by atoms with E-state index in [1.54, 1.807) is 12.0 Å². The minimum atomic E-state index is -0.826. The number of ether oxygens (including phenoxy) is 1. The predicted octanol–water partition coefficient (Wildman–Crippen LogP) is 0.459. The molecule has 0 radical (unpaired) electrons. The van der Waals surface area contributed by atoms with Crippen LogP contribution in [0.2, 0.25) is 0 Å². The Bertz CT molecular complexity index is 349. The Labute approximate surface area is 126 Å². The van der Waals surface area contributed by atoms with Gasteiger partial charge in [0, 0.05) is 33.3 Å². The highest BCUT2D eigenvalue weighted by Crippen LogP contribution is 2.06. The smallest absolute Gasteiger partial charge is 0.317 e. The third-order valence-corrected chi connectivity index (χ3v) is 3.69. The number of urea groups is 1. The molecule has 1 rings (SSSR count). The number of carbonyl (C=O) groups is 2. The summed E-state index contributed by atoms with van der Waals surface area (Å²) in [6.07, 6.45) is 0.789. The van der Waals surface area contributed by atoms with Gasteiger partial charge in [0.1, 0.15) is 0 Å². The maximum atomic E-state index is 12.3. The van der Waals surface area contributed by atoms with Gasteiger partial charge in [-0.15, -0.1) is 0 Å². The molecule has 1 aliphatic heterocycles. The Hall–Kier alpha value is -1.34. The topological polar surface area (TPSA) is 82.1 Å². The van der Waals surface area contributed by atoms with Crippen molar-refractivity contribution < 1.29 is 19.4 Å². The van der Waals surface area contributed by atoms with Gasteiger partial charge in [-0.1, -0.05) is 13.8 Å². The molecule has 1 heterocycles. The number of hydrogen-bond donors (Lipinski definition) is 2. The van der Waals surface area contributed by atoms with E-state index in [1.165, 1.54) is 0 Å². The minimum Gasteiger partial charge on any atom is -0.480 e. The summed E-state index contributed by atoms with van der Waals surface area (Å²) in [6.45, 7) is 7.12. The third-order valence-electron chi connectivity index (χ3n) is 3.69. The SMILES string of the molecule is COCC(NC(=O)N1CCCN(CC(=O)O)CC1)C(C)C. The van der Waals surface area contributed by atoms with E-state index in [4.69, 9.17) is 9.84 Å². The summed E-state index contributed by atoms with van der Waals surface area (Å²) in [6, 6.07) is -0.108. The molecule has 0 bridgehead atoms. The number of hydrogen-bond acceptors (Lipinski definition) is 4. The standard InChI is InChI=1S/C14H27N3O4/c1-11(2)12(10-21-3)15-14(20)17-6-4-5-16(7-8-17)9-13(18)19/h11-12H,4-10H2,1-3H3,(H,15,20)(H,18,19). The van der Waals surface area contributed by atoms with E-state index >= 15 is 0 Å². The van der Waals surface area contributed by atoms with Gasteiger partial charge in [-0.3, -0.25) is 9.69 Å². The lowest BCUT2D eigenvalue weighted by Crippen LogP contribution is -2.49. The number of carboxylic acid groups (broad SMARTS) is 1. The predicted molar refractivity (Wildman–Crippen MR) is 79.3 cm³/mol. The Kier molecular flexibility index (Phi) is 7.45. The molecule has 0 aromatic heterocycles. The second-order valence-corrected chi connectivity index (χ2v) is 5.77. The quantitative estimate of drug-likeness (QED) is 0.745. The number of rotatable bonds is 6. The number of nitrogens with zero attached hydrogens (tertiary/aromatic N) is 2. The second-order valence-electron chi connectivity index (χ2n) is 5.77. The lowest BCUT2D eigenvalue weighted by molar-refractivity contribution is -0.138. The summed E-state index contributed by atoms with van der Waals surface area (Å²) >= 11 is 0. The summed E-state index contributed by atoms with van der Waals surface area (Å²) in [5.74, 6) is -0.530. The molecule has 0 aliphatic carbocycles. The lowest BCUT2D eigenvalue weighted by Gasteiger charge is -2.27. The Morgan fingerprint density at radius 1 is 1.24 bits per heavy atom. The summed E-state index contributed by atoms with van der Waals surface area (Å²) < 4.78 is 5.13. The number of aliphatic carboxylic acids is 1. The van der Waals surface area contributed by atoms with Crippen LogP contribution in [0.15, 0.2) is 0 Å². The molecule has 0 aromatic rings. The monoisotopic (exact) mass is 301 g/mol. The number of amides is 2. The van der Waals surface area contributed by atoms with E-state index in [0.29, 0.717) is 38.7 Å². The fourth-order valence-electron chi connectivity index (χ4n) is 2.35. The van der Waals surface area contributed by atoms with Gasteiger partial charge in [0.25, 0.3) is 0 Å². The first-order valence-electron chi connectivity index (χ1n) is 7.42. The molecule has 1 unspecified atom stereocenters. The molecule has 0 saturated carbocycles. The first-order chi connectivity index (χ1) is 9.93. The number of nitrogens with one attached hydrogen (secondary N) is 1. The molecule has 0 spiro atoms. The molecule has 2 N–H and O–H groups in total. The van der Waals surface area contributed by atoms with Crippen molar-refractivity contribution in [3.8, 4) is 0 Å². The van der Waals surface area contributed by atoms with Crippen molar-refractivity contribution >= 4 is 12.0 Å². The molecule has 1 fully saturated rings. The van der Waals surface area contributed by atoms with Crippen LogP contribution in [0.1, 0.15) is 20.3 Å². The van der Waals surface area contributed by atoms with Crippen molar-refractivity contribution in [3.05, 3.63) is 0 Å². The van der Waals surface area contributed by atoms with Gasteiger partial charge in [-0.05, 0) is 12.3 Å². The van der Waals surface area contributed by atoms with Crippen LogP contribution in [0.4, 0.5) is 4.79 Å². The van der Waals surface area contributed by atoms with Crippen LogP contribution in [0, 0.1) is 5.92 Å². The average Bonchev–Trinajstić information content (AvgIpc) is 2.63. The highest BCUT2D eigenvalue weighted by Gasteiger charge is 2.23. The zero-order valence-corrected chi connectivity index (χ0v) is 13.2. The van der Waals surface area contributed by atoms with Crippen LogP contribution >= 0.6 is 0 Å². The van der Waals surface area contributed by atoms with Gasteiger partial charge in [-0.2, -0.15) is 0 Å². The molecule has 122 valence electrons. The fourth-order valence-corrected chi connectivity index (χ4v) is 2.35. The van der Waals surface area contributed by atoms with E-state index < -0.39 is 5.97 Å². The van der Waals surface area contributed by atoms with Crippen LogP contribution < -0.4 is 5.32 Å². The molecule has 0 aromatic carbocycles. The van der Waals surface area contributed by atoms with Crippen LogP contribution in [0.3, 0.4) is 0 Å². The highest BCUT2D eigenvalue weighted by atomic mass is 16.5. The zero-order chi connectivity index (χ0) is 15.8. The molecule has 2 amide bonds. The normalized spacial score (nSPS) is 18.4. The molecule has 1 aliphatic rings. The van der Waals surface area contributed by atoms with Gasteiger partial charge in [0.15, 0.2) is 0 Å². The minimum absolute atomic E-state index is 0.0131. The zero-order valence-electron chi connectivity index (χ0n) is 13.2. The summed E-state index contributed by atoms with van der Waals surface area (Å²) in [5.41, 5.74) is 0. The first kappa shape index (κ1) is 17.7. The van der Waals surface area contributed by atoms with Crippen molar-refractivity contribution in [2.24, 2.45) is 5.92 Å². The van der Waals surface area contributed by atoms with Gasteiger partial charge in [-0.25, -0.2) is 4.79 Å². The molecule has 1 atom stereocenters. The van der Waals surface area contributed by atoms with Crippen molar-refractivity contribution in [2.75, 3.05) is 46.4 Å². The average molecular weight is 301 g/mol. The van der Waals surface area contributed by atoms with Gasteiger partial charge >= 0.3 is 12.0 Å². The van der Waals surface area contributed by atoms with Crippen molar-refractivity contribution in [3.63, 3.8) is 0 Å². The summed E-state index contributed by atoms with van der Waals surface area (Å²) in [7, 11) is 1.62. The lowest BCUT2D eigenvalue weighted by atomic mass is 10.1. The van der Waals surface area contributed by atoms with E-state index in [9.17, 15) is 9.59 Å². The third kappa shape index (κ3) is 6.31. The van der Waals surface area contributed by atoms with E-state index in [1.807, 2.05) is 18.7 Å². The maximum absolute atomic E-state index is 12.3. The van der Waals surface area contributed by atoms with Gasteiger partial charge in [0.05, 0.1) is 19.2 Å². The van der Waals surface area contributed by atoms with Crippen molar-refractivity contribution in [2.45, 2.75) is 26.3 Å². The summed E-state index contributed by atoms with van der Waals surface area (Å²) in [4.78, 5) is 26.7. The van der Waals surface area contributed by atoms with Gasteiger partial charge in [0.2, 0.25) is 0 Å². The molecule has 7 nitrogen and oxygen atoms in total. The molecular formula is C14H27N3O4. The largest absolute Gasteiger partial charge is 0.480 e. The van der Waals surface area contributed by atoms with Crippen molar-refractivity contribution in [1.29, 1.82) is 0 Å². The highest BCUT2D eigenvalue weighted by molar-refractivity contribution is 5.74. The molecular weight excluding hydrogens is 274 g/mol. The summed E-state index contributed by atoms with van der Waals surface area (Å²) in [5, 5.41) is 11.8. The van der Waals surface area contributed by atoms with E-state index in [0.717, 1.165) is 6.42 Å². The van der Waals surface area contributed by atoms with Gasteiger partial charge < -0.3 is 20.1 Å². The van der Waals surface area contributed by atoms with E-state index in [-0.39, 0.29) is 18.6 Å². The van der Waals surface area contributed by atoms with Crippen LogP contribution in [0.5, 0.6) is 0 Å².